The maximum absolute atomic E-state index is 9.04. The van der Waals surface area contributed by atoms with Crippen LogP contribution in [-0.4, -0.2) is 12.2 Å². The lowest BCUT2D eigenvalue weighted by atomic mass is 10.0. The van der Waals surface area contributed by atoms with E-state index in [9.17, 15) is 0 Å². The topological polar surface area (TPSA) is 53.2 Å². The summed E-state index contributed by atoms with van der Waals surface area (Å²) in [6.07, 6.45) is 0. The molecule has 0 spiro atoms. The van der Waals surface area contributed by atoms with Crippen LogP contribution in [0.15, 0.2) is 12.1 Å². The van der Waals surface area contributed by atoms with Crippen molar-refractivity contribution in [1.29, 1.82) is 5.26 Å². The van der Waals surface area contributed by atoms with E-state index in [0.717, 1.165) is 5.56 Å². The van der Waals surface area contributed by atoms with Crippen molar-refractivity contribution >= 4 is 0 Å². The quantitative estimate of drug-likeness (QED) is 0.742. The van der Waals surface area contributed by atoms with Gasteiger partial charge in [-0.05, 0) is 18.6 Å². The molecule has 0 aromatic heterocycles. The van der Waals surface area contributed by atoms with Gasteiger partial charge in [-0.2, -0.15) is 5.26 Å². The number of ether oxygens (including phenoxy) is 1. The molecule has 0 atom stereocenters. The Kier molecular flexibility index (Phi) is 2.88. The number of aryl methyl sites for hydroxylation is 1. The molecule has 1 aromatic rings. The lowest BCUT2D eigenvalue weighted by molar-refractivity contribution is 0.279. The molecule has 0 aliphatic carbocycles. The van der Waals surface area contributed by atoms with Gasteiger partial charge in [0.15, 0.2) is 0 Å². The normalized spacial score (nSPS) is 9.38. The van der Waals surface area contributed by atoms with Crippen molar-refractivity contribution in [1.82, 2.24) is 0 Å². The number of rotatable bonds is 2. The summed E-state index contributed by atoms with van der Waals surface area (Å²) < 4.78 is 5.00. The Morgan fingerprint density at radius 2 is 2.23 bits per heavy atom. The fourth-order valence-electron chi connectivity index (χ4n) is 1.23. The fraction of sp³-hybridized carbons (Fsp3) is 0.300. The molecular formula is C10H11NO2. The van der Waals surface area contributed by atoms with E-state index in [4.69, 9.17) is 15.1 Å². The Morgan fingerprint density at radius 3 is 2.69 bits per heavy atom. The summed E-state index contributed by atoms with van der Waals surface area (Å²) in [7, 11) is 1.51. The van der Waals surface area contributed by atoms with E-state index in [1.807, 2.05) is 19.1 Å². The fourth-order valence-corrected chi connectivity index (χ4v) is 1.23. The van der Waals surface area contributed by atoms with Crippen molar-refractivity contribution in [2.24, 2.45) is 0 Å². The Morgan fingerprint density at radius 1 is 1.54 bits per heavy atom. The molecule has 13 heavy (non-hydrogen) atoms. The van der Waals surface area contributed by atoms with E-state index in [2.05, 4.69) is 0 Å². The number of hydrogen-bond donors (Lipinski definition) is 1. The molecule has 1 N–H and O–H groups in total. The van der Waals surface area contributed by atoms with Crippen LogP contribution in [0.5, 0.6) is 5.75 Å². The summed E-state index contributed by atoms with van der Waals surface area (Å²) >= 11 is 0. The third kappa shape index (κ3) is 1.63. The lowest BCUT2D eigenvalue weighted by Gasteiger charge is -2.08. The van der Waals surface area contributed by atoms with E-state index in [1.54, 1.807) is 6.07 Å². The van der Waals surface area contributed by atoms with E-state index in [-0.39, 0.29) is 6.61 Å². The molecule has 1 rings (SSSR count). The van der Waals surface area contributed by atoms with Crippen LogP contribution in [-0.2, 0) is 6.61 Å². The molecule has 0 aliphatic heterocycles. The molecule has 0 bridgehead atoms. The van der Waals surface area contributed by atoms with Gasteiger partial charge < -0.3 is 9.84 Å². The maximum Gasteiger partial charge on any atom is 0.137 e. The van der Waals surface area contributed by atoms with Gasteiger partial charge in [-0.25, -0.2) is 0 Å². The zero-order chi connectivity index (χ0) is 9.84. The first kappa shape index (κ1) is 9.56. The van der Waals surface area contributed by atoms with E-state index >= 15 is 0 Å². The van der Waals surface area contributed by atoms with Crippen LogP contribution >= 0.6 is 0 Å². The maximum atomic E-state index is 9.04. The minimum absolute atomic E-state index is 0.133. The van der Waals surface area contributed by atoms with Gasteiger partial charge in [0.1, 0.15) is 11.8 Å². The number of benzene rings is 1. The van der Waals surface area contributed by atoms with Crippen molar-refractivity contribution in [3.05, 3.63) is 28.8 Å². The van der Waals surface area contributed by atoms with E-state index in [0.29, 0.717) is 16.9 Å². The summed E-state index contributed by atoms with van der Waals surface area (Å²) in [6, 6.07) is 5.58. The number of methoxy groups -OCH3 is 1. The highest BCUT2D eigenvalue weighted by Crippen LogP contribution is 2.24. The van der Waals surface area contributed by atoms with Gasteiger partial charge in [0.05, 0.1) is 19.3 Å². The molecular weight excluding hydrogens is 166 g/mol. The van der Waals surface area contributed by atoms with Gasteiger partial charge in [-0.15, -0.1) is 0 Å². The SMILES string of the molecule is COc1ccc(C)c(CO)c1C#N. The zero-order valence-corrected chi connectivity index (χ0v) is 7.66. The van der Waals surface area contributed by atoms with Gasteiger partial charge in [0.25, 0.3) is 0 Å². The number of aliphatic hydroxyl groups is 1. The van der Waals surface area contributed by atoms with Gasteiger partial charge in [0.2, 0.25) is 0 Å². The average molecular weight is 177 g/mol. The second-order valence-corrected chi connectivity index (χ2v) is 2.71. The highest BCUT2D eigenvalue weighted by Gasteiger charge is 2.09. The highest BCUT2D eigenvalue weighted by molar-refractivity contribution is 5.51. The molecule has 3 heteroatoms. The van der Waals surface area contributed by atoms with Crippen LogP contribution in [0.25, 0.3) is 0 Å². The summed E-state index contributed by atoms with van der Waals surface area (Å²) in [5, 5.41) is 17.9. The molecule has 0 fully saturated rings. The first-order valence-corrected chi connectivity index (χ1v) is 3.92. The number of nitriles is 1. The molecule has 0 unspecified atom stereocenters. The largest absolute Gasteiger partial charge is 0.495 e. The highest BCUT2D eigenvalue weighted by atomic mass is 16.5. The third-order valence-electron chi connectivity index (χ3n) is 2.00. The number of hydrogen-bond acceptors (Lipinski definition) is 3. The van der Waals surface area contributed by atoms with E-state index < -0.39 is 0 Å². The monoisotopic (exact) mass is 177 g/mol. The predicted octanol–water partition coefficient (Wildman–Crippen LogP) is 1.37. The van der Waals surface area contributed by atoms with Crippen LogP contribution in [0.3, 0.4) is 0 Å². The number of aliphatic hydroxyl groups excluding tert-OH is 1. The molecule has 0 amide bonds. The van der Waals surface area contributed by atoms with Crippen LogP contribution in [0.1, 0.15) is 16.7 Å². The van der Waals surface area contributed by atoms with Crippen LogP contribution in [0.4, 0.5) is 0 Å². The second kappa shape index (κ2) is 3.92. The van der Waals surface area contributed by atoms with Crippen molar-refractivity contribution < 1.29 is 9.84 Å². The predicted molar refractivity (Wildman–Crippen MR) is 48.4 cm³/mol. The van der Waals surface area contributed by atoms with Crippen LogP contribution < -0.4 is 4.74 Å². The zero-order valence-electron chi connectivity index (χ0n) is 7.66. The second-order valence-electron chi connectivity index (χ2n) is 2.71. The summed E-state index contributed by atoms with van der Waals surface area (Å²) in [4.78, 5) is 0. The first-order chi connectivity index (χ1) is 6.24. The Bertz CT molecular complexity index is 353. The van der Waals surface area contributed by atoms with Crippen molar-refractivity contribution in [3.8, 4) is 11.8 Å². The van der Waals surface area contributed by atoms with Crippen LogP contribution in [0, 0.1) is 18.3 Å². The Balaban J connectivity index is 3.39. The standard InChI is InChI=1S/C10H11NO2/c1-7-3-4-10(13-2)8(5-11)9(7)6-12/h3-4,12H,6H2,1-2H3. The molecule has 1 aromatic carbocycles. The summed E-state index contributed by atoms with van der Waals surface area (Å²) in [5.74, 6) is 0.511. The van der Waals surface area contributed by atoms with Crippen LogP contribution in [0.2, 0.25) is 0 Å². The lowest BCUT2D eigenvalue weighted by Crippen LogP contribution is -1.97. The van der Waals surface area contributed by atoms with Gasteiger partial charge >= 0.3 is 0 Å². The van der Waals surface area contributed by atoms with Gasteiger partial charge in [-0.3, -0.25) is 0 Å². The molecule has 68 valence electrons. The van der Waals surface area contributed by atoms with Crippen molar-refractivity contribution in [3.63, 3.8) is 0 Å². The molecule has 0 radical (unpaired) electrons. The first-order valence-electron chi connectivity index (χ1n) is 3.92. The van der Waals surface area contributed by atoms with Gasteiger partial charge in [-0.1, -0.05) is 6.07 Å². The Hall–Kier alpha value is -1.53. The summed E-state index contributed by atoms with van der Waals surface area (Å²) in [6.45, 7) is 1.72. The average Bonchev–Trinajstić information content (AvgIpc) is 2.17. The van der Waals surface area contributed by atoms with Crippen molar-refractivity contribution in [2.45, 2.75) is 13.5 Å². The molecule has 0 heterocycles. The molecule has 0 aliphatic rings. The number of nitrogens with zero attached hydrogens (tertiary/aromatic N) is 1. The smallest absolute Gasteiger partial charge is 0.137 e. The summed E-state index contributed by atoms with van der Waals surface area (Å²) in [5.41, 5.74) is 1.96. The van der Waals surface area contributed by atoms with Crippen molar-refractivity contribution in [2.75, 3.05) is 7.11 Å². The molecule has 0 saturated heterocycles. The molecule has 3 nitrogen and oxygen atoms in total. The van der Waals surface area contributed by atoms with Gasteiger partial charge in [0, 0.05) is 5.56 Å². The Labute approximate surface area is 77.2 Å². The third-order valence-corrected chi connectivity index (χ3v) is 2.00. The van der Waals surface area contributed by atoms with E-state index in [1.165, 1.54) is 7.11 Å². The minimum Gasteiger partial charge on any atom is -0.495 e. The minimum atomic E-state index is -0.133. The molecule has 0 saturated carbocycles.